The molecule has 18 heavy (non-hydrogen) atoms. The first-order valence-corrected chi connectivity index (χ1v) is 7.28. The van der Waals surface area contributed by atoms with Gasteiger partial charge in [-0.1, -0.05) is 38.3 Å². The maximum atomic E-state index is 5.96. The number of nitrogens with one attached hydrogen (secondary N) is 1. The van der Waals surface area contributed by atoms with Gasteiger partial charge in [-0.05, 0) is 43.5 Å². The van der Waals surface area contributed by atoms with E-state index in [1.54, 1.807) is 0 Å². The van der Waals surface area contributed by atoms with Crippen molar-refractivity contribution in [2.45, 2.75) is 51.5 Å². The van der Waals surface area contributed by atoms with Crippen LogP contribution in [-0.2, 0) is 6.42 Å². The number of ether oxygens (including phenoxy) is 1. The second kappa shape index (κ2) is 6.79. The van der Waals surface area contributed by atoms with Crippen LogP contribution in [0.1, 0.15) is 56.2 Å². The van der Waals surface area contributed by atoms with Crippen LogP contribution in [-0.4, -0.2) is 13.7 Å². The summed E-state index contributed by atoms with van der Waals surface area (Å²) in [6, 6.07) is 6.99. The Labute approximate surface area is 111 Å². The van der Waals surface area contributed by atoms with Crippen molar-refractivity contribution < 1.29 is 4.74 Å². The number of rotatable bonds is 7. The van der Waals surface area contributed by atoms with Crippen molar-refractivity contribution in [3.63, 3.8) is 0 Å². The molecule has 0 heterocycles. The van der Waals surface area contributed by atoms with Crippen molar-refractivity contribution in [3.8, 4) is 5.75 Å². The van der Waals surface area contributed by atoms with Gasteiger partial charge in [0.1, 0.15) is 5.75 Å². The van der Waals surface area contributed by atoms with Crippen molar-refractivity contribution in [3.05, 3.63) is 29.3 Å². The van der Waals surface area contributed by atoms with Crippen LogP contribution in [0.3, 0.4) is 0 Å². The summed E-state index contributed by atoms with van der Waals surface area (Å²) >= 11 is 0. The van der Waals surface area contributed by atoms with Crippen molar-refractivity contribution in [1.29, 1.82) is 0 Å². The van der Waals surface area contributed by atoms with Crippen molar-refractivity contribution >= 4 is 0 Å². The van der Waals surface area contributed by atoms with Gasteiger partial charge in [0.05, 0.1) is 6.61 Å². The Morgan fingerprint density at radius 3 is 2.94 bits per heavy atom. The summed E-state index contributed by atoms with van der Waals surface area (Å²) in [6.07, 6.45) is 7.40. The fourth-order valence-electron chi connectivity index (χ4n) is 2.77. The van der Waals surface area contributed by atoms with Crippen molar-refractivity contribution in [2.24, 2.45) is 0 Å². The first kappa shape index (κ1) is 13.4. The smallest absolute Gasteiger partial charge is 0.122 e. The molecule has 1 aliphatic rings. The summed E-state index contributed by atoms with van der Waals surface area (Å²) in [4.78, 5) is 0. The van der Waals surface area contributed by atoms with Gasteiger partial charge in [0.2, 0.25) is 0 Å². The van der Waals surface area contributed by atoms with Crippen LogP contribution in [0.2, 0.25) is 0 Å². The number of hydrogen-bond acceptors (Lipinski definition) is 2. The van der Waals surface area contributed by atoms with E-state index in [0.29, 0.717) is 6.04 Å². The minimum Gasteiger partial charge on any atom is -0.493 e. The summed E-state index contributed by atoms with van der Waals surface area (Å²) < 4.78 is 5.96. The Balaban J connectivity index is 1.92. The van der Waals surface area contributed by atoms with Gasteiger partial charge in [-0.2, -0.15) is 0 Å². The molecule has 1 unspecified atom stereocenters. The monoisotopic (exact) mass is 247 g/mol. The average molecular weight is 247 g/mol. The van der Waals surface area contributed by atoms with E-state index < -0.39 is 0 Å². The molecule has 1 aliphatic carbocycles. The molecule has 0 aromatic heterocycles. The van der Waals surface area contributed by atoms with E-state index in [9.17, 15) is 0 Å². The fraction of sp³-hybridized carbons (Fsp3) is 0.625. The third-order valence-corrected chi connectivity index (χ3v) is 3.83. The topological polar surface area (TPSA) is 21.3 Å². The standard InChI is InChI=1S/C16H25NO/c1-3-4-5-6-12-18-16-9-7-8-13-14(16)10-11-15(13)17-2/h7-9,15,17H,3-6,10-12H2,1-2H3. The zero-order valence-corrected chi connectivity index (χ0v) is 11.7. The van der Waals surface area contributed by atoms with Gasteiger partial charge in [-0.15, -0.1) is 0 Å². The molecule has 2 rings (SSSR count). The molecular formula is C16H25NO. The molecule has 1 atom stereocenters. The SMILES string of the molecule is CCCCCCOc1cccc2c1CCC2NC. The lowest BCUT2D eigenvalue weighted by atomic mass is 10.1. The number of hydrogen-bond donors (Lipinski definition) is 1. The summed E-state index contributed by atoms with van der Waals surface area (Å²) in [7, 11) is 2.04. The van der Waals surface area contributed by atoms with Crippen LogP contribution in [0.15, 0.2) is 18.2 Å². The lowest BCUT2D eigenvalue weighted by molar-refractivity contribution is 0.302. The third-order valence-electron chi connectivity index (χ3n) is 3.83. The van der Waals surface area contributed by atoms with E-state index in [0.717, 1.165) is 18.8 Å². The highest BCUT2D eigenvalue weighted by atomic mass is 16.5. The summed E-state index contributed by atoms with van der Waals surface area (Å²) in [5.74, 6) is 1.11. The fourth-order valence-corrected chi connectivity index (χ4v) is 2.77. The molecule has 0 saturated carbocycles. The summed E-state index contributed by atoms with van der Waals surface area (Å²) in [6.45, 7) is 3.10. The lowest BCUT2D eigenvalue weighted by Gasteiger charge is -2.13. The lowest BCUT2D eigenvalue weighted by Crippen LogP contribution is -2.12. The normalized spacial score (nSPS) is 17.8. The first-order chi connectivity index (χ1) is 8.86. The predicted molar refractivity (Wildman–Crippen MR) is 76.2 cm³/mol. The van der Waals surface area contributed by atoms with E-state index in [1.165, 1.54) is 43.2 Å². The highest BCUT2D eigenvalue weighted by molar-refractivity contribution is 5.45. The molecule has 0 saturated heterocycles. The molecule has 0 spiro atoms. The van der Waals surface area contributed by atoms with Crippen molar-refractivity contribution in [1.82, 2.24) is 5.32 Å². The third kappa shape index (κ3) is 3.05. The molecule has 0 fully saturated rings. The highest BCUT2D eigenvalue weighted by Crippen LogP contribution is 2.36. The van der Waals surface area contributed by atoms with Gasteiger partial charge in [-0.25, -0.2) is 0 Å². The van der Waals surface area contributed by atoms with Crippen LogP contribution in [0.5, 0.6) is 5.75 Å². The molecule has 0 aliphatic heterocycles. The number of fused-ring (bicyclic) bond motifs is 1. The summed E-state index contributed by atoms with van der Waals surface area (Å²) in [5, 5.41) is 3.38. The van der Waals surface area contributed by atoms with Crippen LogP contribution < -0.4 is 10.1 Å². The Morgan fingerprint density at radius 1 is 1.28 bits per heavy atom. The zero-order chi connectivity index (χ0) is 12.8. The second-order valence-electron chi connectivity index (χ2n) is 5.11. The molecule has 1 aromatic carbocycles. The van der Waals surface area contributed by atoms with Crippen LogP contribution >= 0.6 is 0 Å². The highest BCUT2D eigenvalue weighted by Gasteiger charge is 2.23. The number of unbranched alkanes of at least 4 members (excludes halogenated alkanes) is 3. The molecule has 0 bridgehead atoms. The van der Waals surface area contributed by atoms with Gasteiger partial charge < -0.3 is 10.1 Å². The molecule has 2 heteroatoms. The Bertz CT molecular complexity index is 375. The minimum absolute atomic E-state index is 0.517. The first-order valence-electron chi connectivity index (χ1n) is 7.28. The molecule has 2 nitrogen and oxygen atoms in total. The molecule has 1 N–H and O–H groups in total. The zero-order valence-electron chi connectivity index (χ0n) is 11.7. The van der Waals surface area contributed by atoms with E-state index >= 15 is 0 Å². The average Bonchev–Trinajstić information content (AvgIpc) is 2.82. The van der Waals surface area contributed by atoms with Crippen molar-refractivity contribution in [2.75, 3.05) is 13.7 Å². The van der Waals surface area contributed by atoms with Crippen LogP contribution in [0.4, 0.5) is 0 Å². The van der Waals surface area contributed by atoms with Crippen LogP contribution in [0.25, 0.3) is 0 Å². The van der Waals surface area contributed by atoms with Gasteiger partial charge in [0.15, 0.2) is 0 Å². The van der Waals surface area contributed by atoms with Crippen LogP contribution in [0, 0.1) is 0 Å². The summed E-state index contributed by atoms with van der Waals surface area (Å²) in [5.41, 5.74) is 2.86. The van der Waals surface area contributed by atoms with Gasteiger partial charge in [-0.3, -0.25) is 0 Å². The molecular weight excluding hydrogens is 222 g/mol. The molecule has 0 radical (unpaired) electrons. The second-order valence-corrected chi connectivity index (χ2v) is 5.11. The van der Waals surface area contributed by atoms with E-state index in [-0.39, 0.29) is 0 Å². The van der Waals surface area contributed by atoms with E-state index in [4.69, 9.17) is 4.74 Å². The minimum atomic E-state index is 0.517. The predicted octanol–water partition coefficient (Wildman–Crippen LogP) is 3.85. The Kier molecular flexibility index (Phi) is 5.06. The largest absolute Gasteiger partial charge is 0.493 e. The Morgan fingerprint density at radius 2 is 2.17 bits per heavy atom. The number of benzene rings is 1. The molecule has 100 valence electrons. The maximum Gasteiger partial charge on any atom is 0.122 e. The Hall–Kier alpha value is -1.02. The van der Waals surface area contributed by atoms with Gasteiger partial charge in [0.25, 0.3) is 0 Å². The molecule has 1 aromatic rings. The van der Waals surface area contributed by atoms with E-state index in [2.05, 4.69) is 30.4 Å². The van der Waals surface area contributed by atoms with Gasteiger partial charge >= 0.3 is 0 Å². The van der Waals surface area contributed by atoms with E-state index in [1.807, 2.05) is 7.05 Å². The quantitative estimate of drug-likeness (QED) is 0.739. The maximum absolute atomic E-state index is 5.96. The molecule has 0 amide bonds. The van der Waals surface area contributed by atoms with Gasteiger partial charge in [0, 0.05) is 6.04 Å².